The monoisotopic (exact) mass is 297 g/mol. The van der Waals surface area contributed by atoms with Gasteiger partial charge in [-0.3, -0.25) is 4.98 Å². The van der Waals surface area contributed by atoms with Crippen molar-refractivity contribution in [2.75, 3.05) is 37.4 Å². The van der Waals surface area contributed by atoms with Crippen LogP contribution in [0.5, 0.6) is 0 Å². The number of nitrogens with two attached hydrogens (primary N) is 1. The average Bonchev–Trinajstić information content (AvgIpc) is 2.55. The van der Waals surface area contributed by atoms with Crippen LogP contribution in [0.1, 0.15) is 12.8 Å². The maximum absolute atomic E-state index is 6.25. The standard InChI is InChI=1S/C16H22BN4O/c1-22-17-20-11-12-4-7-21(8-5-12)16-10-15-13(9-14(16)18)3-2-6-19-15/h2-3,6,9-10,12,20H,4-5,7-8,11,18H2,1H3. The number of piperidine rings is 1. The molecule has 0 unspecified atom stereocenters. The van der Waals surface area contributed by atoms with E-state index < -0.39 is 0 Å². The number of anilines is 2. The summed E-state index contributed by atoms with van der Waals surface area (Å²) in [5, 5.41) is 4.29. The van der Waals surface area contributed by atoms with Crippen LogP contribution in [0.3, 0.4) is 0 Å². The van der Waals surface area contributed by atoms with Crippen molar-refractivity contribution < 1.29 is 4.65 Å². The lowest BCUT2D eigenvalue weighted by Gasteiger charge is -2.34. The Morgan fingerprint density at radius 3 is 3.00 bits per heavy atom. The molecule has 1 aliphatic rings. The van der Waals surface area contributed by atoms with Gasteiger partial charge in [-0.15, -0.1) is 0 Å². The molecule has 0 saturated carbocycles. The molecule has 0 bridgehead atoms. The Balaban J connectivity index is 1.67. The van der Waals surface area contributed by atoms with E-state index in [0.29, 0.717) is 5.92 Å². The van der Waals surface area contributed by atoms with Gasteiger partial charge in [0.15, 0.2) is 0 Å². The van der Waals surface area contributed by atoms with Gasteiger partial charge in [-0.1, -0.05) is 6.07 Å². The summed E-state index contributed by atoms with van der Waals surface area (Å²) in [4.78, 5) is 6.81. The third-order valence-corrected chi connectivity index (χ3v) is 4.31. The van der Waals surface area contributed by atoms with E-state index in [0.717, 1.165) is 54.8 Å². The van der Waals surface area contributed by atoms with Crippen molar-refractivity contribution in [1.29, 1.82) is 0 Å². The van der Waals surface area contributed by atoms with Crippen molar-refractivity contribution in [3.05, 3.63) is 30.5 Å². The van der Waals surface area contributed by atoms with E-state index in [-0.39, 0.29) is 0 Å². The third kappa shape index (κ3) is 3.34. The van der Waals surface area contributed by atoms with Crippen molar-refractivity contribution in [2.24, 2.45) is 5.92 Å². The summed E-state index contributed by atoms with van der Waals surface area (Å²) in [5.41, 5.74) is 9.20. The molecular weight excluding hydrogens is 275 g/mol. The molecule has 0 amide bonds. The van der Waals surface area contributed by atoms with E-state index in [9.17, 15) is 0 Å². The summed E-state index contributed by atoms with van der Waals surface area (Å²) in [6.07, 6.45) is 4.14. The van der Waals surface area contributed by atoms with Crippen LogP contribution < -0.4 is 15.9 Å². The summed E-state index contributed by atoms with van der Waals surface area (Å²) in [6, 6.07) is 8.13. The number of aromatic nitrogens is 1. The molecule has 1 aromatic heterocycles. The van der Waals surface area contributed by atoms with Crippen LogP contribution in [0, 0.1) is 5.92 Å². The van der Waals surface area contributed by atoms with Gasteiger partial charge < -0.3 is 20.5 Å². The van der Waals surface area contributed by atoms with E-state index in [1.54, 1.807) is 14.7 Å². The van der Waals surface area contributed by atoms with Crippen molar-refractivity contribution in [3.8, 4) is 0 Å². The normalized spacial score (nSPS) is 16.1. The fraction of sp³-hybridized carbons (Fsp3) is 0.438. The molecule has 1 aromatic carbocycles. The minimum absolute atomic E-state index is 0.683. The number of hydrogen-bond donors (Lipinski definition) is 2. The first kappa shape index (κ1) is 15.1. The van der Waals surface area contributed by atoms with Gasteiger partial charge in [-0.2, -0.15) is 0 Å². The molecule has 1 saturated heterocycles. The SMILES string of the molecule is CO[B]NCC1CCN(c2cc3ncccc3cc2N)CC1. The molecule has 0 atom stereocenters. The summed E-state index contributed by atoms with van der Waals surface area (Å²) < 4.78 is 4.91. The Morgan fingerprint density at radius 2 is 2.23 bits per heavy atom. The molecule has 22 heavy (non-hydrogen) atoms. The van der Waals surface area contributed by atoms with E-state index in [1.165, 1.54) is 0 Å². The van der Waals surface area contributed by atoms with E-state index in [4.69, 9.17) is 10.4 Å². The second kappa shape index (κ2) is 6.98. The number of nitrogens with zero attached hydrogens (tertiary/aromatic N) is 2. The second-order valence-electron chi connectivity index (χ2n) is 5.80. The molecule has 1 radical (unpaired) electrons. The van der Waals surface area contributed by atoms with Gasteiger partial charge in [0.05, 0.1) is 16.9 Å². The van der Waals surface area contributed by atoms with Crippen molar-refractivity contribution in [3.63, 3.8) is 0 Å². The molecule has 1 aliphatic heterocycles. The Hall–Kier alpha value is -1.79. The first-order chi connectivity index (χ1) is 10.8. The van der Waals surface area contributed by atoms with Crippen molar-refractivity contribution in [1.82, 2.24) is 10.2 Å². The number of hydrogen-bond acceptors (Lipinski definition) is 5. The highest BCUT2D eigenvalue weighted by Gasteiger charge is 2.20. The molecule has 115 valence electrons. The minimum Gasteiger partial charge on any atom is -0.427 e. The predicted octanol–water partition coefficient (Wildman–Crippen LogP) is 1.80. The van der Waals surface area contributed by atoms with Crippen LogP contribution in [0.15, 0.2) is 30.5 Å². The van der Waals surface area contributed by atoms with Crippen LogP contribution in [0.4, 0.5) is 11.4 Å². The number of fused-ring (bicyclic) bond motifs is 1. The molecular formula is C16H22BN4O. The van der Waals surface area contributed by atoms with Gasteiger partial charge in [0.25, 0.3) is 0 Å². The number of pyridine rings is 1. The molecule has 3 N–H and O–H groups in total. The van der Waals surface area contributed by atoms with Crippen LogP contribution in [0.25, 0.3) is 10.9 Å². The molecule has 5 nitrogen and oxygen atoms in total. The van der Waals surface area contributed by atoms with Gasteiger partial charge in [0.2, 0.25) is 0 Å². The first-order valence-electron chi connectivity index (χ1n) is 7.75. The van der Waals surface area contributed by atoms with Crippen molar-refractivity contribution >= 4 is 29.9 Å². The lowest BCUT2D eigenvalue weighted by molar-refractivity contribution is 0.384. The summed E-state index contributed by atoms with van der Waals surface area (Å²) in [5.74, 6) is 0.683. The first-order valence-corrected chi connectivity index (χ1v) is 7.75. The minimum atomic E-state index is 0.683. The van der Waals surface area contributed by atoms with E-state index >= 15 is 0 Å². The summed E-state index contributed by atoms with van der Waals surface area (Å²) in [6.45, 7) is 3.03. The van der Waals surface area contributed by atoms with Gasteiger partial charge in [0, 0.05) is 31.8 Å². The number of rotatable bonds is 5. The maximum Gasteiger partial charge on any atom is 0.395 e. The molecule has 1 fully saturated rings. The maximum atomic E-state index is 6.25. The third-order valence-electron chi connectivity index (χ3n) is 4.31. The Labute approximate surface area is 132 Å². The molecule has 6 heteroatoms. The largest absolute Gasteiger partial charge is 0.427 e. The number of nitrogen functional groups attached to an aromatic ring is 1. The van der Waals surface area contributed by atoms with Gasteiger partial charge in [-0.05, 0) is 43.5 Å². The molecule has 3 rings (SSSR count). The molecule has 0 aliphatic carbocycles. The second-order valence-corrected chi connectivity index (χ2v) is 5.80. The van der Waals surface area contributed by atoms with Crippen molar-refractivity contribution in [2.45, 2.75) is 12.8 Å². The highest BCUT2D eigenvalue weighted by molar-refractivity contribution is 6.23. The molecule has 0 spiro atoms. The zero-order valence-corrected chi connectivity index (χ0v) is 13.0. The van der Waals surface area contributed by atoms with Gasteiger partial charge >= 0.3 is 7.62 Å². The smallest absolute Gasteiger partial charge is 0.395 e. The number of nitrogens with one attached hydrogen (secondary N) is 1. The fourth-order valence-corrected chi connectivity index (χ4v) is 3.08. The van der Waals surface area contributed by atoms with E-state index in [2.05, 4.69) is 21.2 Å². The summed E-state index contributed by atoms with van der Waals surface area (Å²) >= 11 is 0. The lowest BCUT2D eigenvalue weighted by Crippen LogP contribution is -2.38. The Morgan fingerprint density at radius 1 is 1.41 bits per heavy atom. The zero-order chi connectivity index (χ0) is 15.4. The Kier molecular flexibility index (Phi) is 4.80. The van der Waals surface area contributed by atoms with Gasteiger partial charge in [0.1, 0.15) is 0 Å². The molecule has 2 aromatic rings. The quantitative estimate of drug-likeness (QED) is 0.500. The van der Waals surface area contributed by atoms with Gasteiger partial charge in [-0.25, -0.2) is 0 Å². The molecule has 2 heterocycles. The number of benzene rings is 1. The van der Waals surface area contributed by atoms with Crippen LogP contribution in [0.2, 0.25) is 0 Å². The Bertz CT molecular complexity index is 629. The van der Waals surface area contributed by atoms with Crippen LogP contribution in [-0.2, 0) is 4.65 Å². The lowest BCUT2D eigenvalue weighted by atomic mass is 9.95. The topological polar surface area (TPSA) is 63.4 Å². The predicted molar refractivity (Wildman–Crippen MR) is 91.9 cm³/mol. The van der Waals surface area contributed by atoms with E-state index in [1.807, 2.05) is 24.4 Å². The van der Waals surface area contributed by atoms with Crippen LogP contribution >= 0.6 is 0 Å². The highest BCUT2D eigenvalue weighted by Crippen LogP contribution is 2.31. The average molecular weight is 297 g/mol. The summed E-state index contributed by atoms with van der Waals surface area (Å²) in [7, 11) is 3.31. The van der Waals surface area contributed by atoms with Crippen LogP contribution in [-0.4, -0.2) is 39.3 Å². The fourth-order valence-electron chi connectivity index (χ4n) is 3.08. The zero-order valence-electron chi connectivity index (χ0n) is 13.0. The highest BCUT2D eigenvalue weighted by atomic mass is 16.4.